The minimum absolute atomic E-state index is 0.0656. The number of amides is 1. The van der Waals surface area contributed by atoms with Gasteiger partial charge in [0.1, 0.15) is 4.90 Å². The number of nitrogens with one attached hydrogen (secondary N) is 1. The van der Waals surface area contributed by atoms with Gasteiger partial charge in [0, 0.05) is 0 Å². The molecular weight excluding hydrogens is 214 g/mol. The van der Waals surface area contributed by atoms with Crippen LogP contribution in [0.4, 0.5) is 0 Å². The molecule has 0 aliphatic carbocycles. The normalized spacial score (nSPS) is 18.1. The van der Waals surface area contributed by atoms with E-state index in [-0.39, 0.29) is 15.5 Å². The van der Waals surface area contributed by atoms with Crippen molar-refractivity contribution < 1.29 is 13.2 Å². The number of hydrogen-bond acceptors (Lipinski definition) is 3. The van der Waals surface area contributed by atoms with Gasteiger partial charge in [0.25, 0.3) is 15.9 Å². The first-order valence-corrected chi connectivity index (χ1v) is 5.24. The van der Waals surface area contributed by atoms with Crippen LogP contribution in [0.2, 0.25) is 5.02 Å². The zero-order chi connectivity index (χ0) is 9.64. The molecule has 0 saturated carbocycles. The van der Waals surface area contributed by atoms with E-state index in [0.717, 1.165) is 0 Å². The third-order valence-corrected chi connectivity index (χ3v) is 3.57. The Labute approximate surface area is 79.6 Å². The first-order valence-electron chi connectivity index (χ1n) is 3.38. The first kappa shape index (κ1) is 8.52. The van der Waals surface area contributed by atoms with Crippen LogP contribution in [0.15, 0.2) is 23.1 Å². The Hall–Kier alpha value is -1.07. The van der Waals surface area contributed by atoms with Gasteiger partial charge in [-0.05, 0) is 12.1 Å². The molecule has 0 fully saturated rings. The van der Waals surface area contributed by atoms with E-state index in [1.165, 1.54) is 18.2 Å². The third-order valence-electron chi connectivity index (χ3n) is 1.71. The quantitative estimate of drug-likeness (QED) is 0.698. The summed E-state index contributed by atoms with van der Waals surface area (Å²) < 4.78 is 24.4. The second-order valence-electron chi connectivity index (χ2n) is 2.55. The monoisotopic (exact) mass is 217 g/mol. The van der Waals surface area contributed by atoms with Crippen molar-refractivity contribution in [2.75, 3.05) is 0 Å². The van der Waals surface area contributed by atoms with E-state index in [1.54, 1.807) is 0 Å². The molecule has 0 unspecified atom stereocenters. The van der Waals surface area contributed by atoms with E-state index in [4.69, 9.17) is 11.6 Å². The number of carbonyl (C=O) groups is 1. The van der Waals surface area contributed by atoms with E-state index in [9.17, 15) is 13.2 Å². The Morgan fingerprint density at radius 2 is 2.00 bits per heavy atom. The van der Waals surface area contributed by atoms with Crippen LogP contribution in [0.5, 0.6) is 0 Å². The third kappa shape index (κ3) is 1.12. The average molecular weight is 218 g/mol. The van der Waals surface area contributed by atoms with Gasteiger partial charge in [-0.15, -0.1) is 0 Å². The minimum atomic E-state index is -3.72. The van der Waals surface area contributed by atoms with Gasteiger partial charge in [-0.25, -0.2) is 13.1 Å². The fraction of sp³-hybridized carbons (Fsp3) is 0. The predicted octanol–water partition coefficient (Wildman–Crippen LogP) is 0.772. The maximum atomic E-state index is 11.3. The molecule has 0 saturated heterocycles. The number of sulfonamides is 1. The summed E-state index contributed by atoms with van der Waals surface area (Å²) in [6, 6.07) is 4.38. The molecular formula is C7H4ClNO3S. The predicted molar refractivity (Wildman–Crippen MR) is 46.1 cm³/mol. The van der Waals surface area contributed by atoms with Gasteiger partial charge in [0.15, 0.2) is 0 Å². The fourth-order valence-corrected chi connectivity index (χ4v) is 2.90. The van der Waals surface area contributed by atoms with Gasteiger partial charge in [-0.2, -0.15) is 0 Å². The number of halogens is 1. The van der Waals surface area contributed by atoms with Gasteiger partial charge in [0.2, 0.25) is 0 Å². The summed E-state index contributed by atoms with van der Waals surface area (Å²) in [5.41, 5.74) is 0.104. The molecule has 1 aliphatic rings. The maximum Gasteiger partial charge on any atom is 0.266 e. The largest absolute Gasteiger partial charge is 0.268 e. The first-order chi connectivity index (χ1) is 6.02. The van der Waals surface area contributed by atoms with Crippen molar-refractivity contribution in [2.45, 2.75) is 4.90 Å². The molecule has 6 heteroatoms. The van der Waals surface area contributed by atoms with Gasteiger partial charge in [-0.1, -0.05) is 17.7 Å². The van der Waals surface area contributed by atoms with Crippen LogP contribution in [0.25, 0.3) is 0 Å². The van der Waals surface area contributed by atoms with E-state index >= 15 is 0 Å². The van der Waals surface area contributed by atoms with Crippen molar-refractivity contribution in [1.29, 1.82) is 0 Å². The van der Waals surface area contributed by atoms with E-state index < -0.39 is 15.9 Å². The molecule has 2 rings (SSSR count). The summed E-state index contributed by atoms with van der Waals surface area (Å²) in [6.45, 7) is 0. The summed E-state index contributed by atoms with van der Waals surface area (Å²) in [4.78, 5) is 11.0. The van der Waals surface area contributed by atoms with Crippen molar-refractivity contribution in [1.82, 2.24) is 4.72 Å². The summed E-state index contributed by atoms with van der Waals surface area (Å²) in [7, 11) is -3.72. The molecule has 0 bridgehead atoms. The standard InChI is InChI=1S/C7H4ClNO3S/c8-5-3-1-2-4-6(5)13(11,12)9-7(4)10/h1-3H,(H,9,10). The summed E-state index contributed by atoms with van der Waals surface area (Å²) in [5.74, 6) is -0.627. The Balaban J connectivity index is 2.89. The summed E-state index contributed by atoms with van der Waals surface area (Å²) in [5, 5.41) is 0.0656. The lowest BCUT2D eigenvalue weighted by atomic mass is 10.2. The van der Waals surface area contributed by atoms with E-state index in [0.29, 0.717) is 0 Å². The molecule has 1 aromatic rings. The Morgan fingerprint density at radius 1 is 1.31 bits per heavy atom. The second kappa shape index (κ2) is 2.46. The highest BCUT2D eigenvalue weighted by molar-refractivity contribution is 7.90. The number of hydrogen-bond donors (Lipinski definition) is 1. The van der Waals surface area contributed by atoms with Gasteiger partial charge >= 0.3 is 0 Å². The van der Waals surface area contributed by atoms with Crippen LogP contribution in [0, 0.1) is 0 Å². The van der Waals surface area contributed by atoms with E-state index in [1.807, 2.05) is 4.72 Å². The van der Waals surface area contributed by atoms with Crippen molar-refractivity contribution in [3.8, 4) is 0 Å². The van der Waals surface area contributed by atoms with Gasteiger partial charge in [-0.3, -0.25) is 4.79 Å². The second-order valence-corrected chi connectivity index (χ2v) is 4.58. The van der Waals surface area contributed by atoms with Crippen LogP contribution in [0.1, 0.15) is 10.4 Å². The Kier molecular flexibility index (Phi) is 1.61. The number of fused-ring (bicyclic) bond motifs is 1. The molecule has 0 spiro atoms. The van der Waals surface area contributed by atoms with Crippen molar-refractivity contribution in [3.05, 3.63) is 28.8 Å². The van der Waals surface area contributed by atoms with Gasteiger partial charge in [0.05, 0.1) is 10.6 Å². The lowest BCUT2D eigenvalue weighted by molar-refractivity contribution is 0.0985. The fourth-order valence-electron chi connectivity index (χ4n) is 1.19. The molecule has 4 nitrogen and oxygen atoms in total. The molecule has 1 aromatic carbocycles. The molecule has 68 valence electrons. The number of benzene rings is 1. The maximum absolute atomic E-state index is 11.3. The minimum Gasteiger partial charge on any atom is -0.268 e. The highest BCUT2D eigenvalue weighted by atomic mass is 35.5. The van der Waals surface area contributed by atoms with Crippen LogP contribution in [-0.2, 0) is 10.0 Å². The van der Waals surface area contributed by atoms with Gasteiger partial charge < -0.3 is 0 Å². The molecule has 1 aliphatic heterocycles. The van der Waals surface area contributed by atoms with Crippen LogP contribution >= 0.6 is 11.6 Å². The lowest BCUT2D eigenvalue weighted by Gasteiger charge is -1.96. The molecule has 1 N–H and O–H groups in total. The molecule has 0 radical (unpaired) electrons. The molecule has 1 heterocycles. The van der Waals surface area contributed by atoms with Crippen molar-refractivity contribution in [3.63, 3.8) is 0 Å². The zero-order valence-corrected chi connectivity index (χ0v) is 7.82. The Bertz CT molecular complexity index is 494. The molecule has 1 amide bonds. The number of carbonyl (C=O) groups excluding carboxylic acids is 1. The SMILES string of the molecule is O=C1NS(=O)(=O)c2c(Cl)cccc21. The smallest absolute Gasteiger partial charge is 0.266 e. The highest BCUT2D eigenvalue weighted by Crippen LogP contribution is 2.29. The van der Waals surface area contributed by atoms with E-state index in [2.05, 4.69) is 0 Å². The molecule has 0 aromatic heterocycles. The van der Waals surface area contributed by atoms with Crippen molar-refractivity contribution in [2.24, 2.45) is 0 Å². The summed E-state index contributed by atoms with van der Waals surface area (Å²) in [6.07, 6.45) is 0. The van der Waals surface area contributed by atoms with Crippen LogP contribution < -0.4 is 4.72 Å². The average Bonchev–Trinajstić information content (AvgIpc) is 2.24. The molecule has 0 atom stereocenters. The van der Waals surface area contributed by atoms with Crippen LogP contribution in [0.3, 0.4) is 0 Å². The zero-order valence-electron chi connectivity index (χ0n) is 6.24. The number of rotatable bonds is 0. The Morgan fingerprint density at radius 3 is 2.62 bits per heavy atom. The topological polar surface area (TPSA) is 63.2 Å². The van der Waals surface area contributed by atoms with Crippen LogP contribution in [-0.4, -0.2) is 14.3 Å². The van der Waals surface area contributed by atoms with Crippen molar-refractivity contribution >= 4 is 27.5 Å². The molecule has 13 heavy (non-hydrogen) atoms. The summed E-state index contributed by atoms with van der Waals surface area (Å²) >= 11 is 5.65. The lowest BCUT2D eigenvalue weighted by Crippen LogP contribution is -2.20. The highest BCUT2D eigenvalue weighted by Gasteiger charge is 2.34.